The molecule has 0 aromatic heterocycles. The molecule has 1 aliphatic rings. The van der Waals surface area contributed by atoms with Crippen molar-refractivity contribution >= 4 is 23.8 Å². The normalized spacial score (nSPS) is 17.6. The van der Waals surface area contributed by atoms with E-state index in [1.165, 1.54) is 0 Å². The molecule has 0 aromatic carbocycles. The molecule has 1 saturated heterocycles. The van der Waals surface area contributed by atoms with Crippen molar-refractivity contribution in [3.05, 3.63) is 0 Å². The second-order valence-electron chi connectivity index (χ2n) is 3.72. The summed E-state index contributed by atoms with van der Waals surface area (Å²) in [5, 5.41) is 11.5. The number of rotatable bonds is 5. The molecule has 1 aliphatic heterocycles. The fourth-order valence-corrected chi connectivity index (χ4v) is 1.97. The lowest BCUT2D eigenvalue weighted by molar-refractivity contribution is -0.139. The minimum Gasteiger partial charge on any atom is -0.480 e. The molecule has 0 bridgehead atoms. The largest absolute Gasteiger partial charge is 0.480 e. The third kappa shape index (κ3) is 4.82. The number of hydrogen-bond acceptors (Lipinski definition) is 4. The van der Waals surface area contributed by atoms with Gasteiger partial charge in [0.25, 0.3) is 0 Å². The van der Waals surface area contributed by atoms with Gasteiger partial charge in [0, 0.05) is 13.1 Å². The molecule has 1 rings (SSSR count). The van der Waals surface area contributed by atoms with Gasteiger partial charge >= 0.3 is 12.0 Å². The number of carboxylic acid groups (broad SMARTS) is 1. The molecule has 2 amide bonds. The van der Waals surface area contributed by atoms with E-state index in [4.69, 9.17) is 9.84 Å². The Kier molecular flexibility index (Phi) is 6.13. The van der Waals surface area contributed by atoms with Gasteiger partial charge in [-0.25, -0.2) is 9.59 Å². The van der Waals surface area contributed by atoms with Crippen LogP contribution in [0.15, 0.2) is 0 Å². The van der Waals surface area contributed by atoms with Gasteiger partial charge in [-0.1, -0.05) is 0 Å². The van der Waals surface area contributed by atoms with Crippen LogP contribution in [0.3, 0.4) is 0 Å². The Morgan fingerprint density at radius 2 is 2.12 bits per heavy atom. The molecule has 1 heterocycles. The minimum absolute atomic E-state index is 0.318. The summed E-state index contributed by atoms with van der Waals surface area (Å²) in [6.45, 7) is 2.05. The number of amides is 2. The monoisotopic (exact) mass is 262 g/mol. The summed E-state index contributed by atoms with van der Waals surface area (Å²) in [6.07, 6.45) is 2.34. The zero-order valence-electron chi connectivity index (χ0n) is 9.85. The van der Waals surface area contributed by atoms with Crippen LogP contribution in [0.2, 0.25) is 0 Å². The number of thioether (sulfide) groups is 1. The van der Waals surface area contributed by atoms with Crippen LogP contribution in [0.4, 0.5) is 4.79 Å². The van der Waals surface area contributed by atoms with Gasteiger partial charge in [0.2, 0.25) is 0 Å². The van der Waals surface area contributed by atoms with Crippen LogP contribution in [-0.2, 0) is 9.53 Å². The molecule has 1 atom stereocenters. The van der Waals surface area contributed by atoms with E-state index in [1.54, 1.807) is 16.7 Å². The van der Waals surface area contributed by atoms with E-state index in [1.807, 2.05) is 6.26 Å². The highest BCUT2D eigenvalue weighted by atomic mass is 32.2. The van der Waals surface area contributed by atoms with E-state index >= 15 is 0 Å². The molecule has 0 spiro atoms. The van der Waals surface area contributed by atoms with E-state index in [0.717, 1.165) is 0 Å². The number of nitrogens with zero attached hydrogens (tertiary/aromatic N) is 1. The Morgan fingerprint density at radius 3 is 2.65 bits per heavy atom. The average Bonchev–Trinajstić information content (AvgIpc) is 2.35. The number of carbonyl (C=O) groups is 2. The van der Waals surface area contributed by atoms with E-state index in [2.05, 4.69) is 5.32 Å². The van der Waals surface area contributed by atoms with Crippen molar-refractivity contribution in [2.24, 2.45) is 0 Å². The predicted molar refractivity (Wildman–Crippen MR) is 65.3 cm³/mol. The van der Waals surface area contributed by atoms with Crippen LogP contribution in [-0.4, -0.2) is 66.4 Å². The molecule has 7 heteroatoms. The zero-order chi connectivity index (χ0) is 12.7. The molecule has 6 nitrogen and oxygen atoms in total. The van der Waals surface area contributed by atoms with Crippen molar-refractivity contribution in [2.45, 2.75) is 12.5 Å². The van der Waals surface area contributed by atoms with Crippen molar-refractivity contribution < 1.29 is 19.4 Å². The first kappa shape index (κ1) is 14.1. The summed E-state index contributed by atoms with van der Waals surface area (Å²) in [6, 6.07) is -1.13. The van der Waals surface area contributed by atoms with Gasteiger partial charge in [0.05, 0.1) is 13.2 Å². The highest BCUT2D eigenvalue weighted by Gasteiger charge is 2.23. The average molecular weight is 262 g/mol. The molecular formula is C10H18N2O4S. The Bertz CT molecular complexity index is 269. The van der Waals surface area contributed by atoms with Crippen LogP contribution in [0.1, 0.15) is 6.42 Å². The smallest absolute Gasteiger partial charge is 0.326 e. The van der Waals surface area contributed by atoms with Crippen molar-refractivity contribution in [1.82, 2.24) is 10.2 Å². The minimum atomic E-state index is -0.986. The second kappa shape index (κ2) is 7.39. The number of hydrogen-bond donors (Lipinski definition) is 2. The van der Waals surface area contributed by atoms with Crippen molar-refractivity contribution in [1.29, 1.82) is 0 Å². The van der Waals surface area contributed by atoms with Crippen LogP contribution in [0.5, 0.6) is 0 Å². The quantitative estimate of drug-likeness (QED) is 0.741. The molecule has 98 valence electrons. The predicted octanol–water partition coefficient (Wildman–Crippen LogP) is 0.234. The van der Waals surface area contributed by atoms with Gasteiger partial charge in [-0.2, -0.15) is 11.8 Å². The topological polar surface area (TPSA) is 78.9 Å². The summed E-state index contributed by atoms with van der Waals surface area (Å²) >= 11 is 1.56. The van der Waals surface area contributed by atoms with Crippen molar-refractivity contribution in [3.8, 4) is 0 Å². The number of carboxylic acids is 1. The molecule has 0 radical (unpaired) electrons. The number of aliphatic carboxylic acids is 1. The maximum absolute atomic E-state index is 11.8. The summed E-state index contributed by atoms with van der Waals surface area (Å²) in [5.41, 5.74) is 0. The van der Waals surface area contributed by atoms with E-state index in [9.17, 15) is 9.59 Å². The maximum atomic E-state index is 11.8. The van der Waals surface area contributed by atoms with E-state index in [0.29, 0.717) is 38.5 Å². The van der Waals surface area contributed by atoms with Gasteiger partial charge in [0.1, 0.15) is 6.04 Å². The van der Waals surface area contributed by atoms with Crippen LogP contribution in [0, 0.1) is 0 Å². The Morgan fingerprint density at radius 1 is 1.47 bits per heavy atom. The molecule has 17 heavy (non-hydrogen) atoms. The fourth-order valence-electron chi connectivity index (χ4n) is 1.50. The molecular weight excluding hydrogens is 244 g/mol. The lowest BCUT2D eigenvalue weighted by atomic mass is 10.2. The van der Waals surface area contributed by atoms with Crippen LogP contribution >= 0.6 is 11.8 Å². The van der Waals surface area contributed by atoms with E-state index in [-0.39, 0.29) is 6.03 Å². The molecule has 0 aromatic rings. The number of urea groups is 1. The summed E-state index contributed by atoms with van der Waals surface area (Å²) < 4.78 is 5.13. The zero-order valence-corrected chi connectivity index (χ0v) is 10.7. The lowest BCUT2D eigenvalue weighted by Gasteiger charge is -2.28. The molecule has 2 N–H and O–H groups in total. The Labute approximate surface area is 105 Å². The first-order valence-corrected chi connectivity index (χ1v) is 6.89. The van der Waals surface area contributed by atoms with Crippen LogP contribution in [0.25, 0.3) is 0 Å². The van der Waals surface area contributed by atoms with Gasteiger partial charge in [0.15, 0.2) is 0 Å². The third-order valence-corrected chi connectivity index (χ3v) is 3.15. The SMILES string of the molecule is CSCC[C@H](NC(=O)N1CCOCC1)C(=O)O. The number of morpholine rings is 1. The highest BCUT2D eigenvalue weighted by Crippen LogP contribution is 2.03. The summed E-state index contributed by atoms with van der Waals surface area (Å²) in [5.74, 6) is -0.277. The van der Waals surface area contributed by atoms with Crippen LogP contribution < -0.4 is 5.32 Å². The highest BCUT2D eigenvalue weighted by molar-refractivity contribution is 7.98. The standard InChI is InChI=1S/C10H18N2O4S/c1-17-7-2-8(9(13)14)11-10(15)12-3-5-16-6-4-12/h8H,2-7H2,1H3,(H,11,15)(H,13,14)/t8-/m0/s1. The van der Waals surface area contributed by atoms with Gasteiger partial charge in [-0.05, 0) is 18.4 Å². The number of carbonyl (C=O) groups excluding carboxylic acids is 1. The first-order chi connectivity index (χ1) is 8.15. The summed E-state index contributed by atoms with van der Waals surface area (Å²) in [7, 11) is 0. The van der Waals surface area contributed by atoms with Gasteiger partial charge in [-0.15, -0.1) is 0 Å². The maximum Gasteiger partial charge on any atom is 0.326 e. The third-order valence-electron chi connectivity index (χ3n) is 2.50. The van der Waals surface area contributed by atoms with Crippen molar-refractivity contribution in [2.75, 3.05) is 38.3 Å². The molecule has 0 saturated carbocycles. The summed E-state index contributed by atoms with van der Waals surface area (Å²) in [4.78, 5) is 24.3. The second-order valence-corrected chi connectivity index (χ2v) is 4.71. The molecule has 0 unspecified atom stereocenters. The van der Waals surface area contributed by atoms with Gasteiger partial charge in [-0.3, -0.25) is 0 Å². The fraction of sp³-hybridized carbons (Fsp3) is 0.800. The first-order valence-electron chi connectivity index (χ1n) is 5.50. The molecule has 0 aliphatic carbocycles. The number of ether oxygens (including phenoxy) is 1. The van der Waals surface area contributed by atoms with E-state index < -0.39 is 12.0 Å². The number of nitrogens with one attached hydrogen (secondary N) is 1. The van der Waals surface area contributed by atoms with Crippen molar-refractivity contribution in [3.63, 3.8) is 0 Å². The Balaban J connectivity index is 2.42. The Hall–Kier alpha value is -0.950. The lowest BCUT2D eigenvalue weighted by Crippen LogP contribution is -2.51. The van der Waals surface area contributed by atoms with Gasteiger partial charge < -0.3 is 20.1 Å². The molecule has 1 fully saturated rings.